The van der Waals surface area contributed by atoms with Crippen LogP contribution >= 0.6 is 0 Å². The molecule has 0 saturated carbocycles. The molecule has 0 heterocycles. The lowest BCUT2D eigenvalue weighted by atomic mass is 10.2. The first-order chi connectivity index (χ1) is 4.93. The van der Waals surface area contributed by atoms with E-state index >= 15 is 0 Å². The summed E-state index contributed by atoms with van der Waals surface area (Å²) in [5.74, 6) is 0. The van der Waals surface area contributed by atoms with Gasteiger partial charge in [0.15, 0.2) is 0 Å². The molecule has 0 spiro atoms. The first-order valence-corrected chi connectivity index (χ1v) is 3.20. The number of allylic oxidation sites excluding steroid dienone is 2. The Morgan fingerprint density at radius 2 is 1.80 bits per heavy atom. The summed E-state index contributed by atoms with van der Waals surface area (Å²) in [6.45, 7) is 5.16. The Bertz CT molecular complexity index is 219. The van der Waals surface area contributed by atoms with Gasteiger partial charge in [0.05, 0.1) is 0 Å². The summed E-state index contributed by atoms with van der Waals surface area (Å²) in [5, 5.41) is 0. The lowest BCUT2D eigenvalue weighted by molar-refractivity contribution is 1.66. The predicted octanol–water partition coefficient (Wildman–Crippen LogP) is 2.69. The molecule has 0 heteroatoms. The highest BCUT2D eigenvalue weighted by molar-refractivity contribution is 5.50. The monoisotopic (exact) mass is 129 g/mol. The summed E-state index contributed by atoms with van der Waals surface area (Å²) in [5.41, 5.74) is 1.17. The molecule has 1 aromatic carbocycles. The smallest absolute Gasteiger partial charge is 0.0257 e. The van der Waals surface area contributed by atoms with E-state index in [1.165, 1.54) is 11.6 Å². The highest BCUT2D eigenvalue weighted by atomic mass is 13.8. The molecular formula is C10H9. The van der Waals surface area contributed by atoms with Gasteiger partial charge in [0.25, 0.3) is 0 Å². The van der Waals surface area contributed by atoms with Crippen molar-refractivity contribution in [1.29, 1.82) is 0 Å². The van der Waals surface area contributed by atoms with Gasteiger partial charge in [-0.25, -0.2) is 0 Å². The van der Waals surface area contributed by atoms with Crippen LogP contribution in [0.5, 0.6) is 0 Å². The lowest BCUT2D eigenvalue weighted by Crippen LogP contribution is -1.65. The summed E-state index contributed by atoms with van der Waals surface area (Å²) in [6, 6.07) is 10.0. The van der Waals surface area contributed by atoms with Crippen LogP contribution < -0.4 is 0 Å². The molecule has 1 rings (SSSR count). The van der Waals surface area contributed by atoms with Crippen LogP contribution in [0.2, 0.25) is 0 Å². The maximum absolute atomic E-state index is 5.16. The van der Waals surface area contributed by atoms with Gasteiger partial charge in [0.2, 0.25) is 0 Å². The molecule has 0 saturated heterocycles. The predicted molar refractivity (Wildman–Crippen MR) is 44.3 cm³/mol. The third kappa shape index (κ3) is 1.90. The highest BCUT2D eigenvalue weighted by Gasteiger charge is 1.78. The standard InChI is InChI=1S/C10H9/c1-2-3-7-10-8-5-4-6-9-10/h1-9H/b2-1?,7-3+. The third-order valence-electron chi connectivity index (χ3n) is 1.20. The van der Waals surface area contributed by atoms with Gasteiger partial charge in [0, 0.05) is 0 Å². The minimum absolute atomic E-state index is 1.17. The summed E-state index contributed by atoms with van der Waals surface area (Å²) < 4.78 is 0. The summed E-state index contributed by atoms with van der Waals surface area (Å²) in [4.78, 5) is 0. The van der Waals surface area contributed by atoms with Crippen LogP contribution in [0.15, 0.2) is 42.5 Å². The van der Waals surface area contributed by atoms with Crippen molar-refractivity contribution in [1.82, 2.24) is 0 Å². The van der Waals surface area contributed by atoms with Crippen molar-refractivity contribution in [3.63, 3.8) is 0 Å². The lowest BCUT2D eigenvalue weighted by Gasteiger charge is -1.87. The summed E-state index contributed by atoms with van der Waals surface area (Å²) >= 11 is 0. The molecule has 0 bridgehead atoms. The van der Waals surface area contributed by atoms with Gasteiger partial charge < -0.3 is 0 Å². The molecule has 0 fully saturated rings. The van der Waals surface area contributed by atoms with Crippen LogP contribution in [0.3, 0.4) is 0 Å². The van der Waals surface area contributed by atoms with Crippen molar-refractivity contribution < 1.29 is 0 Å². The van der Waals surface area contributed by atoms with Crippen LogP contribution in [0, 0.1) is 6.58 Å². The Hall–Kier alpha value is -1.30. The molecule has 1 radical (unpaired) electrons. The molecule has 0 unspecified atom stereocenters. The zero-order valence-electron chi connectivity index (χ0n) is 5.70. The van der Waals surface area contributed by atoms with Gasteiger partial charge in [-0.2, -0.15) is 0 Å². The van der Waals surface area contributed by atoms with E-state index in [1.54, 1.807) is 0 Å². The van der Waals surface area contributed by atoms with E-state index in [0.29, 0.717) is 0 Å². The van der Waals surface area contributed by atoms with Gasteiger partial charge in [-0.15, -0.1) is 0 Å². The van der Waals surface area contributed by atoms with Gasteiger partial charge in [0.1, 0.15) is 0 Å². The zero-order valence-corrected chi connectivity index (χ0v) is 5.70. The van der Waals surface area contributed by atoms with Crippen LogP contribution in [-0.2, 0) is 0 Å². The molecule has 0 nitrogen and oxygen atoms in total. The molecule has 0 aliphatic heterocycles. The van der Waals surface area contributed by atoms with Gasteiger partial charge in [-0.1, -0.05) is 55.1 Å². The molecule has 49 valence electrons. The Balaban J connectivity index is 2.76. The molecule has 0 aromatic heterocycles. The Morgan fingerprint density at radius 1 is 1.10 bits per heavy atom. The van der Waals surface area contributed by atoms with Crippen molar-refractivity contribution >= 4 is 6.08 Å². The van der Waals surface area contributed by atoms with E-state index in [4.69, 9.17) is 6.58 Å². The van der Waals surface area contributed by atoms with E-state index in [0.717, 1.165) is 0 Å². The van der Waals surface area contributed by atoms with E-state index < -0.39 is 0 Å². The minimum Gasteiger partial charge on any atom is -0.0623 e. The largest absolute Gasteiger partial charge is 0.0623 e. The quantitative estimate of drug-likeness (QED) is 0.538. The van der Waals surface area contributed by atoms with Crippen molar-refractivity contribution in [2.24, 2.45) is 0 Å². The van der Waals surface area contributed by atoms with E-state index in [-0.39, 0.29) is 0 Å². The highest BCUT2D eigenvalue weighted by Crippen LogP contribution is 1.99. The Labute approximate surface area is 61.5 Å². The fraction of sp³-hybridized carbons (Fsp3) is 0. The summed E-state index contributed by atoms with van der Waals surface area (Å²) in [7, 11) is 0. The molecule has 10 heavy (non-hydrogen) atoms. The second kappa shape index (κ2) is 3.67. The molecule has 1 aromatic rings. The van der Waals surface area contributed by atoms with Crippen molar-refractivity contribution in [3.05, 3.63) is 54.6 Å². The number of hydrogen-bond acceptors (Lipinski definition) is 0. The van der Waals surface area contributed by atoms with Gasteiger partial charge >= 0.3 is 0 Å². The van der Waals surface area contributed by atoms with Crippen molar-refractivity contribution in [2.75, 3.05) is 0 Å². The molecular weight excluding hydrogens is 120 g/mol. The first kappa shape index (κ1) is 6.81. The molecule has 0 aliphatic carbocycles. The molecule has 0 N–H and O–H groups in total. The third-order valence-corrected chi connectivity index (χ3v) is 1.20. The maximum atomic E-state index is 5.16. The van der Waals surface area contributed by atoms with E-state index in [9.17, 15) is 0 Å². The number of benzene rings is 1. The first-order valence-electron chi connectivity index (χ1n) is 3.20. The average molecular weight is 129 g/mol. The number of rotatable bonds is 2. The van der Waals surface area contributed by atoms with Crippen LogP contribution in [0.4, 0.5) is 0 Å². The van der Waals surface area contributed by atoms with Crippen molar-refractivity contribution in [2.45, 2.75) is 0 Å². The van der Waals surface area contributed by atoms with Crippen LogP contribution in [0.1, 0.15) is 5.56 Å². The second-order valence-corrected chi connectivity index (χ2v) is 1.96. The van der Waals surface area contributed by atoms with Crippen molar-refractivity contribution in [3.8, 4) is 0 Å². The van der Waals surface area contributed by atoms with Gasteiger partial charge in [-0.05, 0) is 5.56 Å². The normalized spacial score (nSPS) is 10.0. The van der Waals surface area contributed by atoms with Crippen LogP contribution in [0.25, 0.3) is 6.08 Å². The maximum Gasteiger partial charge on any atom is -0.0257 e. The summed E-state index contributed by atoms with van der Waals surface area (Å²) in [6.07, 6.45) is 5.29. The second-order valence-electron chi connectivity index (χ2n) is 1.96. The average Bonchev–Trinajstić information content (AvgIpc) is 2.03. The number of hydrogen-bond donors (Lipinski definition) is 0. The fourth-order valence-electron chi connectivity index (χ4n) is 0.731. The zero-order chi connectivity index (χ0) is 7.23. The molecule has 0 atom stereocenters. The van der Waals surface area contributed by atoms with E-state index in [2.05, 4.69) is 0 Å². The molecule has 0 aliphatic rings. The van der Waals surface area contributed by atoms with Gasteiger partial charge in [-0.3, -0.25) is 0 Å². The minimum atomic E-state index is 1.17. The SMILES string of the molecule is [CH]=C/C=C/c1ccccc1. The fourth-order valence-corrected chi connectivity index (χ4v) is 0.731. The molecule has 0 amide bonds. The Morgan fingerprint density at radius 3 is 2.40 bits per heavy atom. The Kier molecular flexibility index (Phi) is 2.50. The topological polar surface area (TPSA) is 0 Å². The van der Waals surface area contributed by atoms with Crippen LogP contribution in [-0.4, -0.2) is 0 Å². The van der Waals surface area contributed by atoms with E-state index in [1.807, 2.05) is 42.5 Å².